The van der Waals surface area contributed by atoms with Crippen molar-refractivity contribution in [2.75, 3.05) is 6.61 Å². The highest BCUT2D eigenvalue weighted by molar-refractivity contribution is 6.87. The van der Waals surface area contributed by atoms with Crippen LogP contribution in [0.2, 0.25) is 56.9 Å². The minimum atomic E-state index is -2.23. The van der Waals surface area contributed by atoms with Crippen molar-refractivity contribution in [3.05, 3.63) is 64.7 Å². The summed E-state index contributed by atoms with van der Waals surface area (Å²) in [6.45, 7) is 16.1. The number of hydrogen-bond donors (Lipinski definition) is 0. The summed E-state index contributed by atoms with van der Waals surface area (Å²) < 4.78 is 19.0. The predicted octanol–water partition coefficient (Wildman–Crippen LogP) is 7.11. The maximum atomic E-state index is 12.6. The second-order valence-corrected chi connectivity index (χ2v) is 23.2. The molecule has 0 radical (unpaired) electrons. The molecule has 0 heterocycles. The summed E-state index contributed by atoms with van der Waals surface area (Å²) in [5.74, 6) is 0.727. The predicted molar refractivity (Wildman–Crippen MR) is 137 cm³/mol. The third kappa shape index (κ3) is 9.43. The molecule has 0 saturated carbocycles. The van der Waals surface area contributed by atoms with Gasteiger partial charge in [-0.25, -0.2) is 0 Å². The summed E-state index contributed by atoms with van der Waals surface area (Å²) in [7, 11) is -5.61. The normalized spacial score (nSPS) is 12.6. The molecule has 2 aromatic rings. The molecule has 0 amide bonds. The molecular weight excluding hydrogens is 460 g/mol. The van der Waals surface area contributed by atoms with Crippen LogP contribution in [-0.2, 0) is 8.23 Å². The van der Waals surface area contributed by atoms with Gasteiger partial charge < -0.3 is 13.0 Å². The van der Waals surface area contributed by atoms with Gasteiger partial charge in [0.1, 0.15) is 5.75 Å². The first-order valence-electron chi connectivity index (χ1n) is 10.7. The molecule has 31 heavy (non-hydrogen) atoms. The van der Waals surface area contributed by atoms with Crippen LogP contribution in [0.3, 0.4) is 0 Å². The molecule has 0 aliphatic heterocycles. The molecule has 2 rings (SSSR count). The van der Waals surface area contributed by atoms with Crippen molar-refractivity contribution in [1.29, 1.82) is 0 Å². The summed E-state index contributed by atoms with van der Waals surface area (Å²) in [5.41, 5.74) is 1.24. The summed E-state index contributed by atoms with van der Waals surface area (Å²) in [6.07, 6.45) is 0.878. The van der Waals surface area contributed by atoms with E-state index in [4.69, 9.17) is 24.6 Å². The summed E-state index contributed by atoms with van der Waals surface area (Å²) >= 11 is 5.90. The van der Waals surface area contributed by atoms with Gasteiger partial charge in [-0.15, -0.1) is 0 Å². The molecule has 0 unspecified atom stereocenters. The molecule has 0 aliphatic rings. The van der Waals surface area contributed by atoms with Gasteiger partial charge in [0, 0.05) is 16.1 Å². The molecule has 0 aliphatic carbocycles. The largest absolute Gasteiger partial charge is 0.494 e. The summed E-state index contributed by atoms with van der Waals surface area (Å²) in [4.78, 5) is 12.6. The Hall–Kier alpha value is -1.23. The van der Waals surface area contributed by atoms with E-state index in [0.717, 1.165) is 18.2 Å². The lowest BCUT2D eigenvalue weighted by Crippen LogP contribution is -2.52. The van der Waals surface area contributed by atoms with Crippen LogP contribution in [-0.4, -0.2) is 37.6 Å². The van der Waals surface area contributed by atoms with Crippen LogP contribution in [0.5, 0.6) is 5.75 Å². The van der Waals surface area contributed by atoms with Gasteiger partial charge >= 0.3 is 8.56 Å². The second kappa shape index (κ2) is 10.6. The second-order valence-electron chi connectivity index (χ2n) is 9.88. The van der Waals surface area contributed by atoms with E-state index in [-0.39, 0.29) is 5.78 Å². The number of rotatable bonds is 11. The monoisotopic (exact) mass is 494 g/mol. The van der Waals surface area contributed by atoms with Crippen molar-refractivity contribution in [3.8, 4) is 5.75 Å². The zero-order valence-electron chi connectivity index (χ0n) is 19.8. The van der Waals surface area contributed by atoms with Crippen molar-refractivity contribution >= 4 is 42.6 Å². The van der Waals surface area contributed by atoms with Gasteiger partial charge in [-0.05, 0) is 107 Å². The molecular formula is C23H35ClO4Si3. The number of benzene rings is 2. The SMILES string of the molecule is C[Si](C)(C)O[Si](C)(CCCOc1ccc(C(=O)c2ccc(Cl)cc2)cc1)O[Si](C)(C)C. The van der Waals surface area contributed by atoms with Crippen LogP contribution < -0.4 is 4.74 Å². The van der Waals surface area contributed by atoms with Gasteiger partial charge in [0.25, 0.3) is 0 Å². The summed E-state index contributed by atoms with van der Waals surface area (Å²) in [6, 6.07) is 15.1. The molecule has 0 aromatic heterocycles. The van der Waals surface area contributed by atoms with Crippen molar-refractivity contribution in [2.24, 2.45) is 0 Å². The Labute approximate surface area is 195 Å². The van der Waals surface area contributed by atoms with E-state index >= 15 is 0 Å². The molecule has 0 fully saturated rings. The maximum absolute atomic E-state index is 12.6. The van der Waals surface area contributed by atoms with Crippen LogP contribution in [0.1, 0.15) is 22.3 Å². The van der Waals surface area contributed by atoms with Gasteiger partial charge in [-0.2, -0.15) is 0 Å². The minimum absolute atomic E-state index is 0.0306. The average Bonchev–Trinajstić information content (AvgIpc) is 2.63. The molecule has 0 atom stereocenters. The van der Waals surface area contributed by atoms with E-state index < -0.39 is 25.2 Å². The van der Waals surface area contributed by atoms with Gasteiger partial charge in [0.15, 0.2) is 22.4 Å². The van der Waals surface area contributed by atoms with E-state index in [1.807, 2.05) is 12.1 Å². The van der Waals surface area contributed by atoms with Crippen molar-refractivity contribution in [3.63, 3.8) is 0 Å². The molecule has 2 aromatic carbocycles. The lowest BCUT2D eigenvalue weighted by Gasteiger charge is -2.38. The molecule has 0 saturated heterocycles. The van der Waals surface area contributed by atoms with Crippen LogP contribution in [0.25, 0.3) is 0 Å². The van der Waals surface area contributed by atoms with E-state index in [9.17, 15) is 4.79 Å². The number of ether oxygens (including phenoxy) is 1. The Bertz CT molecular complexity index is 840. The fraction of sp³-hybridized carbons (Fsp3) is 0.435. The van der Waals surface area contributed by atoms with Crippen LogP contribution in [0.15, 0.2) is 48.5 Å². The smallest absolute Gasteiger partial charge is 0.314 e. The van der Waals surface area contributed by atoms with Gasteiger partial charge in [-0.3, -0.25) is 4.79 Å². The fourth-order valence-electron chi connectivity index (χ4n) is 3.47. The first-order valence-corrected chi connectivity index (χ1v) is 20.4. The Balaban J connectivity index is 1.91. The zero-order chi connectivity index (χ0) is 23.3. The molecule has 0 spiro atoms. The highest BCUT2D eigenvalue weighted by atomic mass is 35.5. The van der Waals surface area contributed by atoms with Crippen LogP contribution in [0, 0.1) is 0 Å². The fourth-order valence-corrected chi connectivity index (χ4v) is 16.1. The number of halogens is 1. The number of carbonyl (C=O) groups excluding carboxylic acids is 1. The Kier molecular flexibility index (Phi) is 8.89. The Morgan fingerprint density at radius 2 is 1.23 bits per heavy atom. The van der Waals surface area contributed by atoms with Gasteiger partial charge in [0.05, 0.1) is 6.61 Å². The first-order chi connectivity index (χ1) is 14.3. The van der Waals surface area contributed by atoms with E-state index in [1.54, 1.807) is 36.4 Å². The van der Waals surface area contributed by atoms with E-state index in [2.05, 4.69) is 45.8 Å². The average molecular weight is 495 g/mol. The molecule has 0 N–H and O–H groups in total. The Morgan fingerprint density at radius 1 is 0.774 bits per heavy atom. The van der Waals surface area contributed by atoms with Crippen molar-refractivity contribution in [1.82, 2.24) is 0 Å². The lowest BCUT2D eigenvalue weighted by molar-refractivity contribution is 0.103. The molecule has 170 valence electrons. The third-order valence-electron chi connectivity index (χ3n) is 4.31. The van der Waals surface area contributed by atoms with Crippen molar-refractivity contribution < 1.29 is 17.8 Å². The van der Waals surface area contributed by atoms with Crippen LogP contribution >= 0.6 is 11.6 Å². The van der Waals surface area contributed by atoms with Gasteiger partial charge in [0.2, 0.25) is 0 Å². The van der Waals surface area contributed by atoms with E-state index in [0.29, 0.717) is 22.8 Å². The highest BCUT2D eigenvalue weighted by Gasteiger charge is 2.39. The molecule has 8 heteroatoms. The van der Waals surface area contributed by atoms with Crippen LogP contribution in [0.4, 0.5) is 0 Å². The maximum Gasteiger partial charge on any atom is 0.314 e. The Morgan fingerprint density at radius 3 is 1.68 bits per heavy atom. The topological polar surface area (TPSA) is 44.8 Å². The lowest BCUT2D eigenvalue weighted by atomic mass is 10.0. The molecule has 0 bridgehead atoms. The number of hydrogen-bond acceptors (Lipinski definition) is 4. The standard InChI is InChI=1S/C23H35ClO4Si3/c1-29(2,3)27-31(7,28-30(4,5)6)18-8-17-26-22-15-11-20(12-16-22)23(25)19-9-13-21(24)14-10-19/h9-16H,8,17-18H2,1-7H3. The summed E-state index contributed by atoms with van der Waals surface area (Å²) in [5, 5.41) is 0.616. The minimum Gasteiger partial charge on any atom is -0.494 e. The zero-order valence-corrected chi connectivity index (χ0v) is 23.5. The van der Waals surface area contributed by atoms with Gasteiger partial charge in [-0.1, -0.05) is 11.6 Å². The highest BCUT2D eigenvalue weighted by Crippen LogP contribution is 2.26. The van der Waals surface area contributed by atoms with E-state index in [1.165, 1.54) is 0 Å². The molecule has 4 nitrogen and oxygen atoms in total. The third-order valence-corrected chi connectivity index (χ3v) is 14.2. The number of carbonyl (C=O) groups is 1. The quantitative estimate of drug-likeness (QED) is 0.189. The van der Waals surface area contributed by atoms with Crippen molar-refractivity contribution in [2.45, 2.75) is 58.3 Å². The first kappa shape index (κ1) is 26.0. The number of ketones is 1.